The summed E-state index contributed by atoms with van der Waals surface area (Å²) in [6.07, 6.45) is 0.649. The number of hydrogen-bond donors (Lipinski definition) is 1. The molecule has 78 valence electrons. The number of benzene rings is 1. The van der Waals surface area contributed by atoms with E-state index < -0.39 is 5.82 Å². The predicted octanol–water partition coefficient (Wildman–Crippen LogP) is 2.38. The maximum Gasteiger partial charge on any atom is 0.183 e. The molecule has 0 aliphatic rings. The van der Waals surface area contributed by atoms with Gasteiger partial charge in [0.2, 0.25) is 0 Å². The molecular formula is C10H13ClFNO. The van der Waals surface area contributed by atoms with Crippen molar-refractivity contribution < 1.29 is 9.13 Å². The number of ether oxygens (including phenoxy) is 1. The Bertz CT molecular complexity index is 328. The maximum absolute atomic E-state index is 13.2. The summed E-state index contributed by atoms with van der Waals surface area (Å²) in [6, 6.07) is 3.20. The van der Waals surface area contributed by atoms with Crippen LogP contribution in [-0.4, -0.2) is 13.2 Å². The summed E-state index contributed by atoms with van der Waals surface area (Å²) in [5.41, 5.74) is 6.50. The van der Waals surface area contributed by atoms with Crippen molar-refractivity contribution in [3.63, 3.8) is 0 Å². The molecule has 1 atom stereocenters. The van der Waals surface area contributed by atoms with Crippen molar-refractivity contribution in [1.82, 2.24) is 0 Å². The van der Waals surface area contributed by atoms with Crippen LogP contribution in [0.15, 0.2) is 12.1 Å². The SMILES string of the molecule is COc1cc(CC(C)N)cc(Cl)c1F. The maximum atomic E-state index is 13.2. The molecular weight excluding hydrogens is 205 g/mol. The average Bonchev–Trinajstić information content (AvgIpc) is 2.10. The third-order valence-corrected chi connectivity index (χ3v) is 2.11. The Morgan fingerprint density at radius 1 is 1.57 bits per heavy atom. The molecule has 4 heteroatoms. The van der Waals surface area contributed by atoms with Gasteiger partial charge in [0.25, 0.3) is 0 Å². The van der Waals surface area contributed by atoms with Gasteiger partial charge in [-0.05, 0) is 31.0 Å². The van der Waals surface area contributed by atoms with Crippen LogP contribution in [0.3, 0.4) is 0 Å². The summed E-state index contributed by atoms with van der Waals surface area (Å²) in [7, 11) is 1.41. The van der Waals surface area contributed by atoms with Gasteiger partial charge < -0.3 is 10.5 Å². The Labute approximate surface area is 87.8 Å². The molecule has 1 aromatic carbocycles. The zero-order valence-corrected chi connectivity index (χ0v) is 8.94. The van der Waals surface area contributed by atoms with Crippen LogP contribution in [0.5, 0.6) is 5.75 Å². The highest BCUT2D eigenvalue weighted by atomic mass is 35.5. The standard InChI is InChI=1S/C10H13ClFNO/c1-6(13)3-7-4-8(11)10(12)9(5-7)14-2/h4-6H,3,13H2,1-2H3. The minimum absolute atomic E-state index is 0.0150. The van der Waals surface area contributed by atoms with Crippen LogP contribution in [0.2, 0.25) is 5.02 Å². The molecule has 1 aromatic rings. The van der Waals surface area contributed by atoms with Crippen LogP contribution in [0.1, 0.15) is 12.5 Å². The van der Waals surface area contributed by atoms with Gasteiger partial charge in [0.1, 0.15) is 0 Å². The highest BCUT2D eigenvalue weighted by Gasteiger charge is 2.10. The van der Waals surface area contributed by atoms with E-state index in [2.05, 4.69) is 0 Å². The summed E-state index contributed by atoms with van der Waals surface area (Å²) >= 11 is 5.69. The van der Waals surface area contributed by atoms with Gasteiger partial charge in [-0.15, -0.1) is 0 Å². The van der Waals surface area contributed by atoms with Gasteiger partial charge in [-0.25, -0.2) is 4.39 Å². The fraction of sp³-hybridized carbons (Fsp3) is 0.400. The molecule has 14 heavy (non-hydrogen) atoms. The molecule has 0 aliphatic carbocycles. The molecule has 0 spiro atoms. The smallest absolute Gasteiger partial charge is 0.183 e. The fourth-order valence-corrected chi connectivity index (χ4v) is 1.49. The van der Waals surface area contributed by atoms with Crippen molar-refractivity contribution >= 4 is 11.6 Å². The number of methoxy groups -OCH3 is 1. The second-order valence-electron chi connectivity index (χ2n) is 3.28. The van der Waals surface area contributed by atoms with E-state index in [9.17, 15) is 4.39 Å². The molecule has 0 radical (unpaired) electrons. The normalized spacial score (nSPS) is 12.6. The van der Waals surface area contributed by atoms with Crippen molar-refractivity contribution in [2.45, 2.75) is 19.4 Å². The summed E-state index contributed by atoms with van der Waals surface area (Å²) in [5.74, 6) is -0.365. The molecule has 0 fully saturated rings. The van der Waals surface area contributed by atoms with E-state index in [0.29, 0.717) is 6.42 Å². The number of rotatable bonds is 3. The van der Waals surface area contributed by atoms with Gasteiger partial charge >= 0.3 is 0 Å². The van der Waals surface area contributed by atoms with Gasteiger partial charge in [-0.1, -0.05) is 11.6 Å². The summed E-state index contributed by atoms with van der Waals surface area (Å²) in [4.78, 5) is 0. The van der Waals surface area contributed by atoms with Crippen LogP contribution < -0.4 is 10.5 Å². The van der Waals surface area contributed by atoms with Crippen LogP contribution >= 0.6 is 11.6 Å². The van der Waals surface area contributed by atoms with E-state index in [4.69, 9.17) is 22.1 Å². The Morgan fingerprint density at radius 3 is 2.71 bits per heavy atom. The lowest BCUT2D eigenvalue weighted by Gasteiger charge is -2.09. The largest absolute Gasteiger partial charge is 0.494 e. The van der Waals surface area contributed by atoms with E-state index in [1.54, 1.807) is 12.1 Å². The first-order chi connectivity index (χ1) is 6.54. The van der Waals surface area contributed by atoms with Crippen molar-refractivity contribution in [1.29, 1.82) is 0 Å². The van der Waals surface area contributed by atoms with E-state index in [1.165, 1.54) is 7.11 Å². The van der Waals surface area contributed by atoms with Gasteiger partial charge in [0.15, 0.2) is 11.6 Å². The van der Waals surface area contributed by atoms with Gasteiger partial charge in [-0.3, -0.25) is 0 Å². The minimum Gasteiger partial charge on any atom is -0.494 e. The average molecular weight is 218 g/mol. The second kappa shape index (κ2) is 4.62. The lowest BCUT2D eigenvalue weighted by atomic mass is 10.1. The molecule has 1 unspecified atom stereocenters. The first-order valence-corrected chi connectivity index (χ1v) is 4.70. The minimum atomic E-state index is -0.525. The first-order valence-electron chi connectivity index (χ1n) is 4.32. The van der Waals surface area contributed by atoms with Crippen LogP contribution in [0, 0.1) is 5.82 Å². The third-order valence-electron chi connectivity index (χ3n) is 1.83. The fourth-order valence-electron chi connectivity index (χ4n) is 1.26. The Balaban J connectivity index is 3.03. The molecule has 1 rings (SSSR count). The second-order valence-corrected chi connectivity index (χ2v) is 3.68. The monoisotopic (exact) mass is 217 g/mol. The predicted molar refractivity (Wildman–Crippen MR) is 55.3 cm³/mol. The molecule has 2 N–H and O–H groups in total. The molecule has 0 bridgehead atoms. The zero-order valence-electron chi connectivity index (χ0n) is 8.18. The lowest BCUT2D eigenvalue weighted by molar-refractivity contribution is 0.386. The molecule has 0 heterocycles. The third kappa shape index (κ3) is 2.59. The van der Waals surface area contributed by atoms with Gasteiger partial charge in [0.05, 0.1) is 12.1 Å². The van der Waals surface area contributed by atoms with Crippen molar-refractivity contribution in [3.8, 4) is 5.75 Å². The molecule has 0 aromatic heterocycles. The zero-order chi connectivity index (χ0) is 10.7. The van der Waals surface area contributed by atoms with Crippen LogP contribution in [0.4, 0.5) is 4.39 Å². The Kier molecular flexibility index (Phi) is 3.72. The number of hydrogen-bond acceptors (Lipinski definition) is 2. The molecule has 0 amide bonds. The summed E-state index contributed by atoms with van der Waals surface area (Å²) < 4.78 is 18.1. The molecule has 0 aliphatic heterocycles. The summed E-state index contributed by atoms with van der Waals surface area (Å²) in [6.45, 7) is 1.88. The number of halogens is 2. The van der Waals surface area contributed by atoms with Crippen LogP contribution in [-0.2, 0) is 6.42 Å². The molecule has 0 saturated heterocycles. The Hall–Kier alpha value is -0.800. The highest BCUT2D eigenvalue weighted by Crippen LogP contribution is 2.26. The van der Waals surface area contributed by atoms with Crippen molar-refractivity contribution in [2.24, 2.45) is 5.73 Å². The van der Waals surface area contributed by atoms with E-state index in [1.807, 2.05) is 6.92 Å². The quantitative estimate of drug-likeness (QED) is 0.844. The summed E-state index contributed by atoms with van der Waals surface area (Å²) in [5, 5.41) is 0.0694. The van der Waals surface area contributed by atoms with Crippen molar-refractivity contribution in [2.75, 3.05) is 7.11 Å². The lowest BCUT2D eigenvalue weighted by Crippen LogP contribution is -2.17. The first kappa shape index (κ1) is 11.3. The highest BCUT2D eigenvalue weighted by molar-refractivity contribution is 6.30. The van der Waals surface area contributed by atoms with Crippen molar-refractivity contribution in [3.05, 3.63) is 28.5 Å². The topological polar surface area (TPSA) is 35.2 Å². The van der Waals surface area contributed by atoms with E-state index in [0.717, 1.165) is 5.56 Å². The van der Waals surface area contributed by atoms with Crippen LogP contribution in [0.25, 0.3) is 0 Å². The Morgan fingerprint density at radius 2 is 2.21 bits per heavy atom. The number of nitrogens with two attached hydrogens (primary N) is 1. The van der Waals surface area contributed by atoms with E-state index >= 15 is 0 Å². The van der Waals surface area contributed by atoms with Gasteiger partial charge in [-0.2, -0.15) is 0 Å². The van der Waals surface area contributed by atoms with E-state index in [-0.39, 0.29) is 16.8 Å². The molecule has 0 saturated carbocycles. The molecule has 2 nitrogen and oxygen atoms in total. The van der Waals surface area contributed by atoms with Gasteiger partial charge in [0, 0.05) is 6.04 Å².